The van der Waals surface area contributed by atoms with E-state index in [1.54, 1.807) is 6.07 Å². The van der Waals surface area contributed by atoms with Gasteiger partial charge in [0.2, 0.25) is 0 Å². The van der Waals surface area contributed by atoms with Crippen LogP contribution in [-0.4, -0.2) is 12.1 Å². The van der Waals surface area contributed by atoms with Gasteiger partial charge in [-0.2, -0.15) is 0 Å². The van der Waals surface area contributed by atoms with Crippen molar-refractivity contribution >= 4 is 5.69 Å². The summed E-state index contributed by atoms with van der Waals surface area (Å²) in [6.45, 7) is 7.39. The van der Waals surface area contributed by atoms with Crippen LogP contribution in [0.5, 0.6) is 0 Å². The van der Waals surface area contributed by atoms with Gasteiger partial charge < -0.3 is 10.6 Å². The zero-order chi connectivity index (χ0) is 12.6. The summed E-state index contributed by atoms with van der Waals surface area (Å²) in [5.41, 5.74) is 8.08. The normalized spacial score (nSPS) is 20.6. The van der Waals surface area contributed by atoms with E-state index in [-0.39, 0.29) is 17.4 Å². The van der Waals surface area contributed by atoms with Crippen LogP contribution in [0.3, 0.4) is 0 Å². The highest BCUT2D eigenvalue weighted by atomic mass is 19.1. The van der Waals surface area contributed by atoms with Gasteiger partial charge in [0.05, 0.1) is 0 Å². The lowest BCUT2D eigenvalue weighted by Crippen LogP contribution is -2.39. The molecule has 1 atom stereocenters. The van der Waals surface area contributed by atoms with Crippen LogP contribution in [0.1, 0.15) is 45.2 Å². The number of anilines is 1. The summed E-state index contributed by atoms with van der Waals surface area (Å²) in [4.78, 5) is 2.35. The van der Waals surface area contributed by atoms with E-state index in [4.69, 9.17) is 5.73 Å². The predicted molar refractivity (Wildman–Crippen MR) is 69.7 cm³/mol. The molecule has 2 rings (SSSR count). The second-order valence-corrected chi connectivity index (χ2v) is 5.56. The fraction of sp³-hybridized carbons (Fsp3) is 0.571. The fourth-order valence-electron chi connectivity index (χ4n) is 2.69. The van der Waals surface area contributed by atoms with Gasteiger partial charge in [-0.25, -0.2) is 4.39 Å². The van der Waals surface area contributed by atoms with E-state index < -0.39 is 0 Å². The maximum absolute atomic E-state index is 13.3. The van der Waals surface area contributed by atoms with Crippen LogP contribution in [0, 0.1) is 5.82 Å². The predicted octanol–water partition coefficient (Wildman–Crippen LogP) is 3.22. The molecule has 1 aliphatic rings. The van der Waals surface area contributed by atoms with Gasteiger partial charge in [0.15, 0.2) is 0 Å². The van der Waals surface area contributed by atoms with E-state index in [1.807, 2.05) is 13.0 Å². The summed E-state index contributed by atoms with van der Waals surface area (Å²) >= 11 is 0. The van der Waals surface area contributed by atoms with Crippen molar-refractivity contribution in [2.75, 3.05) is 11.4 Å². The lowest BCUT2D eigenvalue weighted by atomic mass is 9.99. The molecule has 0 aliphatic carbocycles. The number of benzene rings is 1. The maximum atomic E-state index is 13.3. The number of nitrogens with two attached hydrogens (primary N) is 1. The Morgan fingerprint density at radius 1 is 1.41 bits per heavy atom. The van der Waals surface area contributed by atoms with Crippen molar-refractivity contribution in [3.63, 3.8) is 0 Å². The second kappa shape index (κ2) is 4.30. The Hall–Kier alpha value is -1.09. The first-order valence-corrected chi connectivity index (χ1v) is 6.24. The molecule has 0 radical (unpaired) electrons. The number of nitrogens with zero attached hydrogens (tertiary/aromatic N) is 1. The van der Waals surface area contributed by atoms with E-state index in [9.17, 15) is 4.39 Å². The molecule has 0 saturated carbocycles. The SMILES string of the molecule is C[C@H](N)c1cc(F)ccc1N1CCCC1(C)C. The monoisotopic (exact) mass is 236 g/mol. The molecule has 2 N–H and O–H groups in total. The smallest absolute Gasteiger partial charge is 0.123 e. The number of rotatable bonds is 2. The second-order valence-electron chi connectivity index (χ2n) is 5.56. The Morgan fingerprint density at radius 3 is 2.65 bits per heavy atom. The summed E-state index contributed by atoms with van der Waals surface area (Å²) < 4.78 is 13.3. The third kappa shape index (κ3) is 2.29. The van der Waals surface area contributed by atoms with Gasteiger partial charge in [-0.3, -0.25) is 0 Å². The summed E-state index contributed by atoms with van der Waals surface area (Å²) in [5.74, 6) is -0.210. The van der Waals surface area contributed by atoms with Gasteiger partial charge >= 0.3 is 0 Å². The van der Waals surface area contributed by atoms with Crippen LogP contribution < -0.4 is 10.6 Å². The zero-order valence-electron chi connectivity index (χ0n) is 10.8. The van der Waals surface area contributed by atoms with Crippen LogP contribution in [0.15, 0.2) is 18.2 Å². The van der Waals surface area contributed by atoms with Crippen LogP contribution in [0.25, 0.3) is 0 Å². The summed E-state index contributed by atoms with van der Waals surface area (Å²) in [6.07, 6.45) is 2.35. The molecule has 3 heteroatoms. The standard InChI is InChI=1S/C14H21FN2/c1-10(16)12-9-11(15)5-6-13(12)17-8-4-7-14(17,2)3/h5-6,9-10H,4,7-8,16H2,1-3H3/t10-/m0/s1. The number of hydrogen-bond acceptors (Lipinski definition) is 2. The van der Waals surface area contributed by atoms with Gasteiger partial charge in [0.1, 0.15) is 5.82 Å². The minimum atomic E-state index is -0.210. The van der Waals surface area contributed by atoms with Gasteiger partial charge in [0, 0.05) is 23.8 Å². The highest BCUT2D eigenvalue weighted by molar-refractivity contribution is 5.57. The van der Waals surface area contributed by atoms with Crippen LogP contribution in [-0.2, 0) is 0 Å². The van der Waals surface area contributed by atoms with Crippen LogP contribution >= 0.6 is 0 Å². The minimum absolute atomic E-state index is 0.140. The van der Waals surface area contributed by atoms with Gasteiger partial charge in [-0.05, 0) is 57.4 Å². The topological polar surface area (TPSA) is 29.3 Å². The van der Waals surface area contributed by atoms with Gasteiger partial charge in [0.25, 0.3) is 0 Å². The Labute approximate surface area is 103 Å². The third-order valence-corrected chi connectivity index (χ3v) is 3.67. The molecular formula is C14H21FN2. The molecule has 0 unspecified atom stereocenters. The molecule has 0 bridgehead atoms. The largest absolute Gasteiger partial charge is 0.366 e. The van der Waals surface area contributed by atoms with E-state index in [1.165, 1.54) is 18.9 Å². The van der Waals surface area contributed by atoms with E-state index in [0.717, 1.165) is 17.8 Å². The van der Waals surface area contributed by atoms with Gasteiger partial charge in [-0.1, -0.05) is 0 Å². The van der Waals surface area contributed by atoms with Crippen LogP contribution in [0.2, 0.25) is 0 Å². The Bertz CT molecular complexity index is 413. The quantitative estimate of drug-likeness (QED) is 0.854. The van der Waals surface area contributed by atoms with Crippen molar-refractivity contribution < 1.29 is 4.39 Å². The Kier molecular flexibility index (Phi) is 3.13. The Morgan fingerprint density at radius 2 is 2.12 bits per heavy atom. The lowest BCUT2D eigenvalue weighted by Gasteiger charge is -2.35. The average Bonchev–Trinajstić information content (AvgIpc) is 2.58. The van der Waals surface area contributed by atoms with Crippen molar-refractivity contribution in [2.24, 2.45) is 5.73 Å². The summed E-state index contributed by atoms with van der Waals surface area (Å²) in [6, 6.07) is 4.81. The molecule has 1 aromatic rings. The molecular weight excluding hydrogens is 215 g/mol. The van der Waals surface area contributed by atoms with E-state index in [0.29, 0.717) is 0 Å². The summed E-state index contributed by atoms with van der Waals surface area (Å²) in [7, 11) is 0. The first-order chi connectivity index (χ1) is 7.92. The zero-order valence-corrected chi connectivity index (χ0v) is 10.8. The highest BCUT2D eigenvalue weighted by Gasteiger charge is 2.33. The van der Waals surface area contributed by atoms with Crippen molar-refractivity contribution in [2.45, 2.75) is 45.2 Å². The number of halogens is 1. The minimum Gasteiger partial charge on any atom is -0.366 e. The lowest BCUT2D eigenvalue weighted by molar-refractivity contribution is 0.515. The molecule has 0 amide bonds. The molecule has 0 spiro atoms. The molecule has 1 heterocycles. The average molecular weight is 236 g/mol. The third-order valence-electron chi connectivity index (χ3n) is 3.67. The first kappa shape index (κ1) is 12.4. The molecule has 0 aromatic heterocycles. The van der Waals surface area contributed by atoms with Crippen molar-refractivity contribution in [1.82, 2.24) is 0 Å². The van der Waals surface area contributed by atoms with E-state index in [2.05, 4.69) is 18.7 Å². The van der Waals surface area contributed by atoms with E-state index >= 15 is 0 Å². The van der Waals surface area contributed by atoms with Crippen molar-refractivity contribution in [1.29, 1.82) is 0 Å². The van der Waals surface area contributed by atoms with Gasteiger partial charge in [-0.15, -0.1) is 0 Å². The first-order valence-electron chi connectivity index (χ1n) is 6.24. The highest BCUT2D eigenvalue weighted by Crippen LogP contribution is 2.37. The molecule has 1 aromatic carbocycles. The van der Waals surface area contributed by atoms with Crippen molar-refractivity contribution in [3.8, 4) is 0 Å². The molecule has 1 fully saturated rings. The molecule has 94 valence electrons. The molecule has 17 heavy (non-hydrogen) atoms. The Balaban J connectivity index is 2.44. The molecule has 2 nitrogen and oxygen atoms in total. The summed E-state index contributed by atoms with van der Waals surface area (Å²) in [5, 5.41) is 0. The molecule has 1 aliphatic heterocycles. The maximum Gasteiger partial charge on any atom is 0.123 e. The van der Waals surface area contributed by atoms with Crippen molar-refractivity contribution in [3.05, 3.63) is 29.6 Å². The van der Waals surface area contributed by atoms with Crippen LogP contribution in [0.4, 0.5) is 10.1 Å². The number of hydrogen-bond donors (Lipinski definition) is 1. The fourth-order valence-corrected chi connectivity index (χ4v) is 2.69. The molecule has 1 saturated heterocycles.